The third-order valence-electron chi connectivity index (χ3n) is 6.20. The van der Waals surface area contributed by atoms with E-state index in [2.05, 4.69) is 19.8 Å². The maximum Gasteiger partial charge on any atom is 0.352 e. The summed E-state index contributed by atoms with van der Waals surface area (Å²) in [6, 6.07) is -0.974. The Morgan fingerprint density at radius 2 is 2.11 bits per heavy atom. The lowest BCUT2D eigenvalue weighted by atomic mass is 9.99. The van der Waals surface area contributed by atoms with Crippen molar-refractivity contribution in [3.63, 3.8) is 0 Å². The van der Waals surface area contributed by atoms with E-state index in [0.29, 0.717) is 35.3 Å². The van der Waals surface area contributed by atoms with Crippen LogP contribution < -0.4 is 11.1 Å². The van der Waals surface area contributed by atoms with Crippen LogP contribution in [0.2, 0.25) is 0 Å². The number of aliphatic hydroxyl groups excluding tert-OH is 2. The number of likely N-dealkylation sites (N-methyl/N-ethyl adjacent to an activating group) is 1. The average molecular weight is 529 g/mol. The number of aromatic nitrogens is 2. The normalized spacial score (nSPS) is 31.0. The number of quaternary nitrogens is 1. The van der Waals surface area contributed by atoms with Crippen LogP contribution >= 0.6 is 23.3 Å². The van der Waals surface area contributed by atoms with E-state index < -0.39 is 41.4 Å². The van der Waals surface area contributed by atoms with Gasteiger partial charge in [0.15, 0.2) is 5.13 Å². The standard InChI is InChI=1S/C19H25N7O7S2/c1-26(4-3-9(27)10(28)6-26)5-8-7-34-17-12(16(30)25(17)13(8)18(31)32)21-15(29)11(23-33-2)14-22-19(20)35-24-14/h9-10,12,17,27-28H,3-7H2,1-2H3,(H3-,20,21,22,24,29,31,32)/p+1/t9?,10-,12?,17+,26+/m1/s1. The molecule has 4 rings (SSSR count). The zero-order valence-corrected chi connectivity index (χ0v) is 20.6. The third-order valence-corrected chi connectivity index (χ3v) is 8.08. The molecular formula is C19H26N7O7S2+. The number of nitrogens with one attached hydrogen (secondary N) is 1. The van der Waals surface area contributed by atoms with Crippen LogP contribution in [0.5, 0.6) is 0 Å². The topological polar surface area (TPSA) is 201 Å². The number of nitrogen functional groups attached to an aromatic ring is 1. The number of nitrogens with two attached hydrogens (primary N) is 1. The summed E-state index contributed by atoms with van der Waals surface area (Å²) < 4.78 is 4.28. The molecule has 2 fully saturated rings. The van der Waals surface area contributed by atoms with Gasteiger partial charge in [-0.25, -0.2) is 4.79 Å². The van der Waals surface area contributed by atoms with E-state index in [9.17, 15) is 29.7 Å². The molecule has 0 saturated carbocycles. The van der Waals surface area contributed by atoms with Gasteiger partial charge in [0.2, 0.25) is 11.5 Å². The first-order valence-electron chi connectivity index (χ1n) is 10.7. The van der Waals surface area contributed by atoms with Crippen LogP contribution in [0.1, 0.15) is 12.2 Å². The highest BCUT2D eigenvalue weighted by atomic mass is 32.2. The molecule has 2 amide bonds. The molecule has 35 heavy (non-hydrogen) atoms. The van der Waals surface area contributed by atoms with Gasteiger partial charge in [-0.05, 0) is 0 Å². The molecule has 0 aromatic carbocycles. The monoisotopic (exact) mass is 528 g/mol. The van der Waals surface area contributed by atoms with Crippen molar-refractivity contribution in [1.82, 2.24) is 19.6 Å². The predicted octanol–water partition coefficient (Wildman–Crippen LogP) is -2.22. The molecule has 5 atom stereocenters. The molecular weight excluding hydrogens is 502 g/mol. The lowest BCUT2D eigenvalue weighted by Crippen LogP contribution is -2.71. The largest absolute Gasteiger partial charge is 0.477 e. The average Bonchev–Trinajstić information content (AvgIpc) is 3.23. The van der Waals surface area contributed by atoms with Gasteiger partial charge in [-0.2, -0.15) is 9.36 Å². The molecule has 190 valence electrons. The van der Waals surface area contributed by atoms with Crippen molar-refractivity contribution in [2.45, 2.75) is 30.0 Å². The van der Waals surface area contributed by atoms with Gasteiger partial charge in [-0.3, -0.25) is 14.5 Å². The minimum atomic E-state index is -1.24. The number of anilines is 1. The highest BCUT2D eigenvalue weighted by Gasteiger charge is 2.55. The number of fused-ring (bicyclic) bond motifs is 1. The predicted molar refractivity (Wildman–Crippen MR) is 125 cm³/mol. The number of aliphatic hydroxyl groups is 2. The second-order valence-electron chi connectivity index (χ2n) is 8.80. The number of nitrogens with zero attached hydrogens (tertiary/aromatic N) is 5. The van der Waals surface area contributed by atoms with Crippen LogP contribution in [-0.4, -0.2) is 121 Å². The Balaban J connectivity index is 1.51. The summed E-state index contributed by atoms with van der Waals surface area (Å²) in [4.78, 5) is 47.8. The smallest absolute Gasteiger partial charge is 0.352 e. The highest BCUT2D eigenvalue weighted by molar-refractivity contribution is 8.00. The summed E-state index contributed by atoms with van der Waals surface area (Å²) in [7, 11) is 3.13. The van der Waals surface area contributed by atoms with Crippen LogP contribution in [-0.2, 0) is 19.2 Å². The molecule has 0 aliphatic carbocycles. The maximum atomic E-state index is 13.0. The van der Waals surface area contributed by atoms with Crippen LogP contribution in [0.25, 0.3) is 0 Å². The molecule has 0 spiro atoms. The minimum absolute atomic E-state index is 0.0500. The number of aliphatic carboxylic acids is 1. The van der Waals surface area contributed by atoms with Crippen LogP contribution in [0.3, 0.4) is 0 Å². The molecule has 3 aliphatic rings. The quantitative estimate of drug-likeness (QED) is 0.111. The number of carboxylic acid groups (broad SMARTS) is 1. The number of rotatable bonds is 7. The van der Waals surface area contributed by atoms with Gasteiger partial charge >= 0.3 is 5.97 Å². The number of carbonyl (C=O) groups is 3. The van der Waals surface area contributed by atoms with E-state index in [-0.39, 0.29) is 28.9 Å². The zero-order valence-electron chi connectivity index (χ0n) is 18.9. The maximum absolute atomic E-state index is 13.0. The van der Waals surface area contributed by atoms with Gasteiger partial charge in [0.25, 0.3) is 11.8 Å². The minimum Gasteiger partial charge on any atom is -0.477 e. The SMILES string of the molecule is CON=C(C(=O)NC1C(=O)N2C(C(=O)O)=C(C[N@+]3(C)CCC(O)[C@H](O)C3)CS[C@@H]12)c1nsc(N)n1. The summed E-state index contributed by atoms with van der Waals surface area (Å²) in [5.41, 5.74) is 5.77. The number of amides is 2. The van der Waals surface area contributed by atoms with Crippen molar-refractivity contribution in [2.75, 3.05) is 45.3 Å². The Hall–Kier alpha value is -2.79. The molecule has 2 unspecified atom stereocenters. The lowest BCUT2D eigenvalue weighted by Gasteiger charge is -2.50. The molecule has 4 heterocycles. The highest BCUT2D eigenvalue weighted by Crippen LogP contribution is 2.41. The molecule has 2 saturated heterocycles. The lowest BCUT2D eigenvalue weighted by molar-refractivity contribution is -0.914. The van der Waals surface area contributed by atoms with Crippen molar-refractivity contribution >= 4 is 51.9 Å². The number of likely N-dealkylation sites (tertiary alicyclic amines) is 1. The summed E-state index contributed by atoms with van der Waals surface area (Å²) in [6.07, 6.45) is -1.31. The number of carboxylic acids is 1. The van der Waals surface area contributed by atoms with Crippen molar-refractivity contribution in [1.29, 1.82) is 0 Å². The van der Waals surface area contributed by atoms with Gasteiger partial charge in [-0.1, -0.05) is 5.16 Å². The second-order valence-corrected chi connectivity index (χ2v) is 10.7. The molecule has 0 bridgehead atoms. The van der Waals surface area contributed by atoms with Gasteiger partial charge in [0.05, 0.1) is 19.7 Å². The summed E-state index contributed by atoms with van der Waals surface area (Å²) in [5.74, 6) is -2.28. The fourth-order valence-corrected chi connectivity index (χ4v) is 6.30. The van der Waals surface area contributed by atoms with Gasteiger partial charge in [0, 0.05) is 29.3 Å². The number of hydrogen-bond acceptors (Lipinski definition) is 12. The van der Waals surface area contributed by atoms with Gasteiger partial charge in [0.1, 0.15) is 43.4 Å². The molecule has 1 aromatic rings. The first kappa shape index (κ1) is 25.3. The fraction of sp³-hybridized carbons (Fsp3) is 0.579. The van der Waals surface area contributed by atoms with Crippen molar-refractivity contribution in [3.8, 4) is 0 Å². The Kier molecular flexibility index (Phi) is 7.01. The molecule has 3 aliphatic heterocycles. The molecule has 1 aromatic heterocycles. The number of thioether (sulfide) groups is 1. The van der Waals surface area contributed by atoms with E-state index in [0.717, 1.165) is 11.5 Å². The fourth-order valence-electron chi connectivity index (χ4n) is 4.53. The first-order chi connectivity index (χ1) is 16.5. The number of carbonyl (C=O) groups excluding carboxylic acids is 2. The number of piperidine rings is 1. The summed E-state index contributed by atoms with van der Waals surface area (Å²) >= 11 is 2.21. The number of oxime groups is 1. The summed E-state index contributed by atoms with van der Waals surface area (Å²) in [5, 5.41) is 35.6. The first-order valence-corrected chi connectivity index (χ1v) is 12.5. The Morgan fingerprint density at radius 3 is 2.71 bits per heavy atom. The number of β-lactam (4-membered cyclic amide) rings is 1. The van der Waals surface area contributed by atoms with E-state index in [4.69, 9.17) is 10.6 Å². The second kappa shape index (κ2) is 9.69. The molecule has 6 N–H and O–H groups in total. The van der Waals surface area contributed by atoms with Crippen LogP contribution in [0.4, 0.5) is 5.13 Å². The molecule has 16 heteroatoms. The van der Waals surface area contributed by atoms with E-state index in [1.54, 1.807) is 0 Å². The molecule has 0 radical (unpaired) electrons. The van der Waals surface area contributed by atoms with Crippen LogP contribution in [0, 0.1) is 0 Å². The van der Waals surface area contributed by atoms with Crippen molar-refractivity contribution < 1.29 is 39.0 Å². The van der Waals surface area contributed by atoms with Gasteiger partial charge in [-0.15, -0.1) is 11.8 Å². The van der Waals surface area contributed by atoms with Crippen molar-refractivity contribution in [2.24, 2.45) is 5.16 Å². The number of hydrogen-bond donors (Lipinski definition) is 5. The molecule has 14 nitrogen and oxygen atoms in total. The Morgan fingerprint density at radius 1 is 1.37 bits per heavy atom. The Labute approximate surface area is 208 Å². The van der Waals surface area contributed by atoms with E-state index in [1.807, 2.05) is 7.05 Å². The van der Waals surface area contributed by atoms with Crippen LogP contribution in [0.15, 0.2) is 16.4 Å². The third kappa shape index (κ3) is 4.84. The van der Waals surface area contributed by atoms with Crippen molar-refractivity contribution in [3.05, 3.63) is 17.1 Å². The van der Waals surface area contributed by atoms with E-state index in [1.165, 1.54) is 23.8 Å². The zero-order chi connectivity index (χ0) is 25.5. The Bertz CT molecular complexity index is 1110. The van der Waals surface area contributed by atoms with E-state index >= 15 is 0 Å². The van der Waals surface area contributed by atoms with Gasteiger partial charge < -0.3 is 35.7 Å². The summed E-state index contributed by atoms with van der Waals surface area (Å²) in [6.45, 7) is 1.15.